The molecule has 1 heteroatoms. The van der Waals surface area contributed by atoms with Crippen molar-refractivity contribution in [3.63, 3.8) is 0 Å². The van der Waals surface area contributed by atoms with Gasteiger partial charge in [-0.15, -0.1) is 0 Å². The molecule has 0 aromatic heterocycles. The molecule has 8 aromatic carbocycles. The van der Waals surface area contributed by atoms with Crippen LogP contribution in [0.25, 0.3) is 55.3 Å². The predicted octanol–water partition coefficient (Wildman–Crippen LogP) is 15.7. The summed E-state index contributed by atoms with van der Waals surface area (Å²) in [4.78, 5) is 2.53. The molecule has 4 saturated carbocycles. The Morgan fingerprint density at radius 2 is 0.967 bits per heavy atom. The van der Waals surface area contributed by atoms with Crippen LogP contribution in [0.1, 0.15) is 68.2 Å². The summed E-state index contributed by atoms with van der Waals surface area (Å²) >= 11 is 0. The number of benzene rings is 8. The minimum atomic E-state index is -0.0991. The molecule has 6 aliphatic carbocycles. The summed E-state index contributed by atoms with van der Waals surface area (Å²) < 4.78 is 0. The summed E-state index contributed by atoms with van der Waals surface area (Å²) in [6.07, 6.45) is 7.12. The van der Waals surface area contributed by atoms with Crippen molar-refractivity contribution < 1.29 is 0 Å². The summed E-state index contributed by atoms with van der Waals surface area (Å²) in [5.74, 6) is 3.43. The standard InChI is InChI=1S/C59H49N/c1-58(2)51-20-8-7-16-49(51)57-54(58)22-12-24-56(57)60(44-28-25-40(26-29-44)39-13-4-3-5-14-39)55-23-11-18-46-45(17-10-19-48(46)55)41-27-30-53-50(36-41)47-15-6-9-21-52(47)59(53)42-32-37-31-38(34-42)35-43(59)33-37/h3-30,36-38,42-43H,31-35H2,1-2H3. The van der Waals surface area contributed by atoms with E-state index in [-0.39, 0.29) is 10.8 Å². The quantitative estimate of drug-likeness (QED) is 0.168. The molecule has 60 heavy (non-hydrogen) atoms. The molecule has 1 spiro atoms. The Labute approximate surface area is 354 Å². The van der Waals surface area contributed by atoms with Crippen LogP contribution < -0.4 is 4.90 Å². The second kappa shape index (κ2) is 12.7. The van der Waals surface area contributed by atoms with Gasteiger partial charge in [0.15, 0.2) is 0 Å². The van der Waals surface area contributed by atoms with E-state index in [9.17, 15) is 0 Å². The van der Waals surface area contributed by atoms with Gasteiger partial charge in [0.2, 0.25) is 0 Å². The van der Waals surface area contributed by atoms with Crippen molar-refractivity contribution >= 4 is 27.8 Å². The lowest BCUT2D eigenvalue weighted by atomic mass is 9.43. The minimum Gasteiger partial charge on any atom is -0.309 e. The molecule has 0 aliphatic heterocycles. The smallest absolute Gasteiger partial charge is 0.0543 e. The lowest BCUT2D eigenvalue weighted by molar-refractivity contribution is -0.0399. The van der Waals surface area contributed by atoms with E-state index in [0.29, 0.717) is 0 Å². The minimum absolute atomic E-state index is 0.0991. The molecular weight excluding hydrogens is 723 g/mol. The van der Waals surface area contributed by atoms with Gasteiger partial charge in [-0.2, -0.15) is 0 Å². The first kappa shape index (κ1) is 34.7. The van der Waals surface area contributed by atoms with Crippen molar-refractivity contribution in [2.45, 2.75) is 56.8 Å². The molecule has 4 bridgehead atoms. The number of nitrogens with zero attached hydrogens (tertiary/aromatic N) is 1. The van der Waals surface area contributed by atoms with Gasteiger partial charge >= 0.3 is 0 Å². The van der Waals surface area contributed by atoms with Crippen LogP contribution in [0.3, 0.4) is 0 Å². The zero-order valence-corrected chi connectivity index (χ0v) is 34.5. The molecule has 1 nitrogen and oxygen atoms in total. The zero-order chi connectivity index (χ0) is 39.7. The fourth-order valence-electron chi connectivity index (χ4n) is 13.8. The van der Waals surface area contributed by atoms with E-state index in [1.807, 2.05) is 0 Å². The summed E-state index contributed by atoms with van der Waals surface area (Å²) in [5, 5.41) is 2.54. The third kappa shape index (κ3) is 4.70. The van der Waals surface area contributed by atoms with Gasteiger partial charge in [0.05, 0.1) is 11.4 Å². The lowest BCUT2D eigenvalue weighted by Gasteiger charge is -2.61. The van der Waals surface area contributed by atoms with Gasteiger partial charge < -0.3 is 4.90 Å². The largest absolute Gasteiger partial charge is 0.309 e. The summed E-state index contributed by atoms with van der Waals surface area (Å²) in [5.41, 5.74) is 20.3. The van der Waals surface area contributed by atoms with Gasteiger partial charge in [-0.3, -0.25) is 0 Å². The number of hydrogen-bond acceptors (Lipinski definition) is 1. The highest BCUT2D eigenvalue weighted by atomic mass is 15.1. The Morgan fingerprint density at radius 1 is 0.400 bits per heavy atom. The van der Waals surface area contributed by atoms with Crippen LogP contribution in [0.4, 0.5) is 17.1 Å². The van der Waals surface area contributed by atoms with Crippen LogP contribution in [0.5, 0.6) is 0 Å². The number of anilines is 3. The second-order valence-electron chi connectivity index (χ2n) is 19.3. The summed E-state index contributed by atoms with van der Waals surface area (Å²) in [7, 11) is 0. The Kier molecular flexibility index (Phi) is 7.32. The van der Waals surface area contributed by atoms with Crippen LogP contribution >= 0.6 is 0 Å². The molecule has 0 unspecified atom stereocenters. The Balaban J connectivity index is 0.993. The van der Waals surface area contributed by atoms with Gasteiger partial charge in [-0.1, -0.05) is 159 Å². The van der Waals surface area contributed by atoms with Crippen molar-refractivity contribution in [1.82, 2.24) is 0 Å². The third-order valence-corrected chi connectivity index (χ3v) is 16.1. The molecule has 0 heterocycles. The first-order chi connectivity index (χ1) is 29.5. The van der Waals surface area contributed by atoms with E-state index in [0.717, 1.165) is 29.4 Å². The van der Waals surface area contributed by atoms with E-state index in [4.69, 9.17) is 0 Å². The van der Waals surface area contributed by atoms with E-state index < -0.39 is 0 Å². The van der Waals surface area contributed by atoms with Crippen molar-refractivity contribution in [2.24, 2.45) is 23.7 Å². The topological polar surface area (TPSA) is 3.24 Å². The van der Waals surface area contributed by atoms with E-state index >= 15 is 0 Å². The normalized spacial score (nSPS) is 23.4. The third-order valence-electron chi connectivity index (χ3n) is 16.1. The average Bonchev–Trinajstić information content (AvgIpc) is 3.71. The fourth-order valence-corrected chi connectivity index (χ4v) is 13.8. The molecule has 0 atom stereocenters. The van der Waals surface area contributed by atoms with Crippen LogP contribution in [0.15, 0.2) is 176 Å². The summed E-state index contributed by atoms with van der Waals surface area (Å²) in [6, 6.07) is 67.0. The van der Waals surface area contributed by atoms with Gasteiger partial charge in [-0.05, 0) is 153 Å². The van der Waals surface area contributed by atoms with Gasteiger partial charge in [0.1, 0.15) is 0 Å². The predicted molar refractivity (Wildman–Crippen MR) is 250 cm³/mol. The highest BCUT2D eigenvalue weighted by Gasteiger charge is 2.61. The lowest BCUT2D eigenvalue weighted by Crippen LogP contribution is -2.55. The first-order valence-electron chi connectivity index (χ1n) is 22.4. The van der Waals surface area contributed by atoms with Crippen molar-refractivity contribution in [2.75, 3.05) is 4.90 Å². The highest BCUT2D eigenvalue weighted by molar-refractivity contribution is 6.08. The molecule has 6 aliphatic rings. The Bertz CT molecular complexity index is 2990. The molecule has 0 radical (unpaired) electrons. The zero-order valence-electron chi connectivity index (χ0n) is 34.5. The average molecular weight is 772 g/mol. The Morgan fingerprint density at radius 3 is 1.75 bits per heavy atom. The molecule has 14 rings (SSSR count). The van der Waals surface area contributed by atoms with Crippen molar-refractivity contribution in [3.05, 3.63) is 198 Å². The van der Waals surface area contributed by atoms with Crippen LogP contribution in [0, 0.1) is 23.7 Å². The van der Waals surface area contributed by atoms with Gasteiger partial charge in [0.25, 0.3) is 0 Å². The molecule has 0 N–H and O–H groups in total. The second-order valence-corrected chi connectivity index (χ2v) is 19.3. The molecule has 4 fully saturated rings. The van der Waals surface area contributed by atoms with E-state index in [1.54, 1.807) is 11.1 Å². The number of fused-ring (bicyclic) bond motifs is 7. The van der Waals surface area contributed by atoms with E-state index in [1.165, 1.54) is 110 Å². The highest BCUT2D eigenvalue weighted by Crippen LogP contribution is 2.69. The van der Waals surface area contributed by atoms with Crippen LogP contribution in [-0.4, -0.2) is 0 Å². The monoisotopic (exact) mass is 771 g/mol. The molecule has 0 amide bonds. The van der Waals surface area contributed by atoms with Crippen molar-refractivity contribution in [1.29, 1.82) is 0 Å². The fraction of sp³-hybridized carbons (Fsp3) is 0.220. The molecule has 0 saturated heterocycles. The van der Waals surface area contributed by atoms with Crippen LogP contribution in [-0.2, 0) is 10.8 Å². The molecule has 8 aromatic rings. The Hall–Kier alpha value is -6.18. The van der Waals surface area contributed by atoms with Gasteiger partial charge in [-0.25, -0.2) is 0 Å². The van der Waals surface area contributed by atoms with E-state index in [2.05, 4.69) is 195 Å². The van der Waals surface area contributed by atoms with Crippen molar-refractivity contribution in [3.8, 4) is 44.5 Å². The maximum Gasteiger partial charge on any atom is 0.0543 e. The molecular formula is C59H49N. The first-order valence-corrected chi connectivity index (χ1v) is 22.4. The van der Waals surface area contributed by atoms with Gasteiger partial charge in [0, 0.05) is 27.5 Å². The maximum atomic E-state index is 2.57. The SMILES string of the molecule is CC1(C)c2ccccc2-c2c(N(c3ccc(-c4ccccc4)cc3)c3cccc4c(-c5ccc6c(c5)-c5ccccc5C65C6CC7CC(C6)CC5C7)cccc34)cccc21. The molecule has 290 valence electrons. The number of rotatable bonds is 5. The summed E-state index contributed by atoms with van der Waals surface area (Å²) in [6.45, 7) is 4.76. The van der Waals surface area contributed by atoms with Crippen LogP contribution in [0.2, 0.25) is 0 Å². The number of hydrogen-bond donors (Lipinski definition) is 0. The maximum absolute atomic E-state index is 2.57.